The predicted molar refractivity (Wildman–Crippen MR) is 85.9 cm³/mol. The Bertz CT molecular complexity index is 603. The van der Waals surface area contributed by atoms with Crippen LogP contribution in [0.15, 0.2) is 36.7 Å². The van der Waals surface area contributed by atoms with Gasteiger partial charge in [0.05, 0.1) is 13.7 Å². The summed E-state index contributed by atoms with van der Waals surface area (Å²) in [5, 5.41) is 3.60. The van der Waals surface area contributed by atoms with Crippen molar-refractivity contribution >= 4 is 0 Å². The van der Waals surface area contributed by atoms with Crippen LogP contribution in [-0.2, 0) is 13.0 Å². The number of aryl methyl sites for hydroxylation is 1. The minimum atomic E-state index is 0.526. The van der Waals surface area contributed by atoms with Gasteiger partial charge in [0.2, 0.25) is 0 Å². The fourth-order valence-corrected chi connectivity index (χ4v) is 3.33. The Hall–Kier alpha value is -1.74. The van der Waals surface area contributed by atoms with Gasteiger partial charge in [-0.05, 0) is 43.0 Å². The monoisotopic (exact) mass is 284 g/mol. The topological polar surface area (TPSA) is 26.2 Å². The Morgan fingerprint density at radius 2 is 2.14 bits per heavy atom. The van der Waals surface area contributed by atoms with Crippen LogP contribution in [0.3, 0.4) is 0 Å². The van der Waals surface area contributed by atoms with Gasteiger partial charge >= 0.3 is 0 Å². The molecule has 1 aromatic carbocycles. The van der Waals surface area contributed by atoms with Crippen LogP contribution < -0.4 is 10.1 Å². The van der Waals surface area contributed by atoms with E-state index in [1.54, 1.807) is 7.11 Å². The van der Waals surface area contributed by atoms with Gasteiger partial charge in [0.15, 0.2) is 0 Å². The lowest BCUT2D eigenvalue weighted by Crippen LogP contribution is -2.23. The van der Waals surface area contributed by atoms with Gasteiger partial charge < -0.3 is 14.6 Å². The van der Waals surface area contributed by atoms with Gasteiger partial charge in [0.25, 0.3) is 0 Å². The van der Waals surface area contributed by atoms with E-state index >= 15 is 0 Å². The molecule has 3 rings (SSSR count). The molecule has 0 bridgehead atoms. The molecule has 0 saturated carbocycles. The fraction of sp³-hybridized carbons (Fsp3) is 0.444. The molecular weight excluding hydrogens is 260 g/mol. The minimum absolute atomic E-state index is 0.526. The van der Waals surface area contributed by atoms with E-state index in [2.05, 4.69) is 41.3 Å². The zero-order valence-corrected chi connectivity index (χ0v) is 12.9. The first-order valence-electron chi connectivity index (χ1n) is 7.85. The van der Waals surface area contributed by atoms with Crippen LogP contribution in [0, 0.1) is 0 Å². The third-order valence-electron chi connectivity index (χ3n) is 4.31. The lowest BCUT2D eigenvalue weighted by atomic mass is 9.91. The van der Waals surface area contributed by atoms with E-state index in [0.29, 0.717) is 6.04 Å². The molecule has 1 heterocycles. The number of para-hydroxylation sites is 1. The van der Waals surface area contributed by atoms with E-state index in [4.69, 9.17) is 4.74 Å². The van der Waals surface area contributed by atoms with Crippen molar-refractivity contribution in [3.63, 3.8) is 0 Å². The maximum atomic E-state index is 5.45. The molecular formula is C18H24N2O. The molecule has 1 N–H and O–H groups in total. The molecule has 1 aromatic heterocycles. The average molecular weight is 284 g/mol. The van der Waals surface area contributed by atoms with Crippen LogP contribution in [0.2, 0.25) is 0 Å². The van der Waals surface area contributed by atoms with Gasteiger partial charge in [-0.2, -0.15) is 0 Å². The third-order valence-corrected chi connectivity index (χ3v) is 4.31. The lowest BCUT2D eigenvalue weighted by Gasteiger charge is -2.22. The Morgan fingerprint density at radius 3 is 2.95 bits per heavy atom. The lowest BCUT2D eigenvalue weighted by molar-refractivity contribution is 0.408. The van der Waals surface area contributed by atoms with E-state index in [1.807, 2.05) is 12.1 Å². The smallest absolute Gasteiger partial charge is 0.123 e. The van der Waals surface area contributed by atoms with Crippen LogP contribution in [-0.4, -0.2) is 18.2 Å². The van der Waals surface area contributed by atoms with Crippen molar-refractivity contribution in [1.82, 2.24) is 9.88 Å². The summed E-state index contributed by atoms with van der Waals surface area (Å²) in [6.07, 6.45) is 8.36. The number of methoxy groups -OCH3 is 1. The summed E-state index contributed by atoms with van der Waals surface area (Å²) in [4.78, 5) is 0. The second-order valence-corrected chi connectivity index (χ2v) is 5.73. The molecule has 0 fully saturated rings. The van der Waals surface area contributed by atoms with Crippen LogP contribution in [0.1, 0.15) is 42.5 Å². The highest BCUT2D eigenvalue weighted by Gasteiger charge is 2.21. The number of aromatic nitrogens is 1. The normalized spacial score (nSPS) is 17.5. The molecule has 3 heteroatoms. The first kappa shape index (κ1) is 14.2. The molecule has 0 saturated heterocycles. The Kier molecular flexibility index (Phi) is 4.30. The molecule has 0 spiro atoms. The van der Waals surface area contributed by atoms with Gasteiger partial charge in [-0.1, -0.05) is 25.1 Å². The van der Waals surface area contributed by atoms with Gasteiger partial charge in [0.1, 0.15) is 5.75 Å². The summed E-state index contributed by atoms with van der Waals surface area (Å²) >= 11 is 0. The number of hydrogen-bond acceptors (Lipinski definition) is 2. The van der Waals surface area contributed by atoms with Crippen LogP contribution >= 0.6 is 0 Å². The fourth-order valence-electron chi connectivity index (χ4n) is 3.33. The molecule has 21 heavy (non-hydrogen) atoms. The second-order valence-electron chi connectivity index (χ2n) is 5.73. The first-order chi connectivity index (χ1) is 10.3. The van der Waals surface area contributed by atoms with Crippen molar-refractivity contribution in [3.05, 3.63) is 53.3 Å². The zero-order chi connectivity index (χ0) is 14.7. The highest BCUT2D eigenvalue weighted by Crippen LogP contribution is 2.31. The number of nitrogens with zero attached hydrogens (tertiary/aromatic N) is 1. The second kappa shape index (κ2) is 6.35. The van der Waals surface area contributed by atoms with Gasteiger partial charge in [-0.25, -0.2) is 0 Å². The minimum Gasteiger partial charge on any atom is -0.496 e. The molecule has 3 nitrogen and oxygen atoms in total. The van der Waals surface area contributed by atoms with E-state index in [0.717, 1.165) is 18.8 Å². The molecule has 1 aliphatic carbocycles. The van der Waals surface area contributed by atoms with Crippen molar-refractivity contribution in [2.75, 3.05) is 13.7 Å². The van der Waals surface area contributed by atoms with Crippen molar-refractivity contribution < 1.29 is 4.74 Å². The zero-order valence-electron chi connectivity index (χ0n) is 12.9. The third kappa shape index (κ3) is 2.98. The molecule has 1 aliphatic rings. The highest BCUT2D eigenvalue weighted by atomic mass is 16.5. The summed E-state index contributed by atoms with van der Waals surface area (Å²) in [6.45, 7) is 4.08. The number of hydrogen-bond donors (Lipinski definition) is 1. The molecule has 2 aromatic rings. The summed E-state index contributed by atoms with van der Waals surface area (Å²) < 4.78 is 7.76. The maximum absolute atomic E-state index is 5.45. The molecule has 0 amide bonds. The summed E-state index contributed by atoms with van der Waals surface area (Å²) in [6, 6.07) is 8.78. The predicted octanol–water partition coefficient (Wildman–Crippen LogP) is 3.53. The van der Waals surface area contributed by atoms with Crippen molar-refractivity contribution in [1.29, 1.82) is 0 Å². The number of rotatable bonds is 5. The summed E-state index contributed by atoms with van der Waals surface area (Å²) in [5.74, 6) is 0.965. The van der Waals surface area contributed by atoms with Crippen LogP contribution in [0.4, 0.5) is 0 Å². The summed E-state index contributed by atoms with van der Waals surface area (Å²) in [7, 11) is 1.74. The quantitative estimate of drug-likeness (QED) is 0.909. The maximum Gasteiger partial charge on any atom is 0.123 e. The number of nitrogens with one attached hydrogen (secondary N) is 1. The van der Waals surface area contributed by atoms with Gasteiger partial charge in [0, 0.05) is 24.0 Å². The molecule has 1 atom stereocenters. The van der Waals surface area contributed by atoms with E-state index in [1.165, 1.54) is 36.0 Å². The summed E-state index contributed by atoms with van der Waals surface area (Å²) in [5.41, 5.74) is 4.22. The SMILES string of the molecule is CCNC1CCCc2cn(Cc3ccccc3OC)cc21. The molecule has 1 unspecified atom stereocenters. The van der Waals surface area contributed by atoms with Crippen molar-refractivity contribution in [2.24, 2.45) is 0 Å². The van der Waals surface area contributed by atoms with Crippen molar-refractivity contribution in [3.8, 4) is 5.75 Å². The first-order valence-corrected chi connectivity index (χ1v) is 7.85. The molecule has 0 aliphatic heterocycles. The number of fused-ring (bicyclic) bond motifs is 1. The Balaban J connectivity index is 1.84. The standard InChI is InChI=1S/C18H24N2O/c1-3-19-17-9-6-8-14-11-20(13-16(14)17)12-15-7-4-5-10-18(15)21-2/h4-5,7,10-11,13,17,19H,3,6,8-9,12H2,1-2H3. The van der Waals surface area contributed by atoms with Crippen LogP contribution in [0.5, 0.6) is 5.75 Å². The van der Waals surface area contributed by atoms with Gasteiger partial charge in [-0.15, -0.1) is 0 Å². The molecule has 112 valence electrons. The highest BCUT2D eigenvalue weighted by molar-refractivity contribution is 5.35. The molecule has 0 radical (unpaired) electrons. The van der Waals surface area contributed by atoms with Crippen molar-refractivity contribution in [2.45, 2.75) is 38.8 Å². The van der Waals surface area contributed by atoms with E-state index < -0.39 is 0 Å². The largest absolute Gasteiger partial charge is 0.496 e. The van der Waals surface area contributed by atoms with Crippen LogP contribution in [0.25, 0.3) is 0 Å². The van der Waals surface area contributed by atoms with E-state index in [-0.39, 0.29) is 0 Å². The number of ether oxygens (including phenoxy) is 1. The number of benzene rings is 1. The van der Waals surface area contributed by atoms with E-state index in [9.17, 15) is 0 Å². The Morgan fingerprint density at radius 1 is 1.29 bits per heavy atom. The Labute approximate surface area is 126 Å². The van der Waals surface area contributed by atoms with Gasteiger partial charge in [-0.3, -0.25) is 0 Å². The average Bonchev–Trinajstić information content (AvgIpc) is 2.92.